The highest BCUT2D eigenvalue weighted by Gasteiger charge is 2.28. The first-order chi connectivity index (χ1) is 7.41. The molecule has 0 heterocycles. The van der Waals surface area contributed by atoms with Gasteiger partial charge in [0.25, 0.3) is 0 Å². The van der Waals surface area contributed by atoms with Gasteiger partial charge in [-0.3, -0.25) is 4.79 Å². The molecule has 0 fully saturated rings. The highest BCUT2D eigenvalue weighted by atomic mass is 28.3. The minimum absolute atomic E-state index is 0.163. The van der Waals surface area contributed by atoms with Crippen molar-refractivity contribution in [3.63, 3.8) is 0 Å². The van der Waals surface area contributed by atoms with Crippen LogP contribution in [0.2, 0.25) is 25.2 Å². The van der Waals surface area contributed by atoms with Crippen molar-refractivity contribution < 1.29 is 4.79 Å². The number of carbonyl (C=O) groups excluding carboxylic acids is 1. The Kier molecular flexibility index (Phi) is 4.30. The van der Waals surface area contributed by atoms with Crippen molar-refractivity contribution in [3.8, 4) is 0 Å². The molecule has 1 N–H and O–H groups in total. The Balaban J connectivity index is 2.48. The molecule has 3 heteroatoms. The van der Waals surface area contributed by atoms with E-state index in [9.17, 15) is 4.79 Å². The van der Waals surface area contributed by atoms with Crippen molar-refractivity contribution in [2.45, 2.75) is 38.7 Å². The Hall–Kier alpha value is -1.09. The molecule has 0 radical (unpaired) electrons. The van der Waals surface area contributed by atoms with Gasteiger partial charge in [-0.25, -0.2) is 0 Å². The minimum atomic E-state index is -1.37. The SMILES string of the molecule is CC(C(=O)NCc1ccccc1)[Si](C)(C)C. The fourth-order valence-corrected chi connectivity index (χ4v) is 2.22. The molecule has 1 atom stereocenters. The van der Waals surface area contributed by atoms with E-state index in [1.165, 1.54) is 0 Å². The maximum Gasteiger partial charge on any atom is 0.220 e. The molecule has 1 aromatic rings. The molecular formula is C13H21NOSi. The maximum absolute atomic E-state index is 11.9. The average molecular weight is 235 g/mol. The minimum Gasteiger partial charge on any atom is -0.352 e. The summed E-state index contributed by atoms with van der Waals surface area (Å²) < 4.78 is 0. The van der Waals surface area contributed by atoms with Crippen LogP contribution in [-0.4, -0.2) is 14.0 Å². The fraction of sp³-hybridized carbons (Fsp3) is 0.462. The van der Waals surface area contributed by atoms with Crippen molar-refractivity contribution in [2.75, 3.05) is 0 Å². The summed E-state index contributed by atoms with van der Waals surface area (Å²) in [5.74, 6) is 0.183. The first kappa shape index (κ1) is 13.0. The van der Waals surface area contributed by atoms with Crippen LogP contribution in [0.25, 0.3) is 0 Å². The number of benzene rings is 1. The van der Waals surface area contributed by atoms with Gasteiger partial charge in [-0.2, -0.15) is 0 Å². The topological polar surface area (TPSA) is 29.1 Å². The van der Waals surface area contributed by atoms with Crippen LogP contribution < -0.4 is 5.32 Å². The molecule has 1 unspecified atom stereocenters. The predicted molar refractivity (Wildman–Crippen MR) is 71.1 cm³/mol. The summed E-state index contributed by atoms with van der Waals surface area (Å²) in [4.78, 5) is 11.9. The molecule has 0 aliphatic carbocycles. The van der Waals surface area contributed by atoms with Gasteiger partial charge in [-0.15, -0.1) is 0 Å². The smallest absolute Gasteiger partial charge is 0.220 e. The summed E-state index contributed by atoms with van der Waals surface area (Å²) in [5, 5.41) is 3.00. The van der Waals surface area contributed by atoms with Gasteiger partial charge in [-0.05, 0) is 5.56 Å². The van der Waals surface area contributed by atoms with E-state index < -0.39 is 8.07 Å². The molecule has 2 nitrogen and oxygen atoms in total. The molecule has 0 aliphatic heterocycles. The third-order valence-corrected chi connectivity index (χ3v) is 5.86. The molecule has 1 aromatic carbocycles. The lowest BCUT2D eigenvalue weighted by Gasteiger charge is -2.24. The second-order valence-electron chi connectivity index (χ2n) is 5.29. The van der Waals surface area contributed by atoms with Gasteiger partial charge in [0.2, 0.25) is 5.91 Å². The highest BCUT2D eigenvalue weighted by Crippen LogP contribution is 2.20. The van der Waals surface area contributed by atoms with E-state index in [1.807, 2.05) is 37.3 Å². The van der Waals surface area contributed by atoms with Crippen molar-refractivity contribution in [3.05, 3.63) is 35.9 Å². The highest BCUT2D eigenvalue weighted by molar-refractivity contribution is 6.80. The maximum atomic E-state index is 11.9. The molecule has 0 spiro atoms. The summed E-state index contributed by atoms with van der Waals surface area (Å²) >= 11 is 0. The van der Waals surface area contributed by atoms with E-state index in [-0.39, 0.29) is 11.4 Å². The van der Waals surface area contributed by atoms with Crippen LogP contribution in [0.5, 0.6) is 0 Å². The molecule has 1 amide bonds. The van der Waals surface area contributed by atoms with Crippen molar-refractivity contribution in [1.82, 2.24) is 5.32 Å². The predicted octanol–water partition coefficient (Wildman–Crippen LogP) is 3.03. The molecule has 0 aromatic heterocycles. The molecular weight excluding hydrogens is 214 g/mol. The Bertz CT molecular complexity index is 343. The van der Waals surface area contributed by atoms with Crippen molar-refractivity contribution in [2.24, 2.45) is 0 Å². The normalized spacial score (nSPS) is 13.2. The van der Waals surface area contributed by atoms with Crippen molar-refractivity contribution >= 4 is 14.0 Å². The fourth-order valence-electron chi connectivity index (χ4n) is 1.33. The number of hydrogen-bond donors (Lipinski definition) is 1. The molecule has 88 valence electrons. The van der Waals surface area contributed by atoms with E-state index in [4.69, 9.17) is 0 Å². The van der Waals surface area contributed by atoms with E-state index in [0.717, 1.165) is 5.56 Å². The number of hydrogen-bond acceptors (Lipinski definition) is 1. The second kappa shape index (κ2) is 5.30. The molecule has 16 heavy (non-hydrogen) atoms. The summed E-state index contributed by atoms with van der Waals surface area (Å²) in [7, 11) is -1.37. The summed E-state index contributed by atoms with van der Waals surface area (Å²) in [6.07, 6.45) is 0. The summed E-state index contributed by atoms with van der Waals surface area (Å²) in [6, 6.07) is 10.0. The van der Waals surface area contributed by atoms with Crippen LogP contribution >= 0.6 is 0 Å². The van der Waals surface area contributed by atoms with Gasteiger partial charge in [0.1, 0.15) is 0 Å². The third kappa shape index (κ3) is 3.81. The lowest BCUT2D eigenvalue weighted by Crippen LogP contribution is -2.38. The van der Waals surface area contributed by atoms with Gasteiger partial charge in [0, 0.05) is 12.1 Å². The monoisotopic (exact) mass is 235 g/mol. The van der Waals surface area contributed by atoms with Gasteiger partial charge in [0.05, 0.1) is 8.07 Å². The number of nitrogens with one attached hydrogen (secondary N) is 1. The van der Waals surface area contributed by atoms with Crippen LogP contribution in [-0.2, 0) is 11.3 Å². The Morgan fingerprint density at radius 1 is 1.25 bits per heavy atom. The number of carbonyl (C=O) groups is 1. The van der Waals surface area contributed by atoms with E-state index in [2.05, 4.69) is 25.0 Å². The summed E-state index contributed by atoms with van der Waals surface area (Å²) in [6.45, 7) is 9.33. The molecule has 1 rings (SSSR count). The summed E-state index contributed by atoms with van der Waals surface area (Å²) in [5.41, 5.74) is 1.31. The Morgan fingerprint density at radius 3 is 2.31 bits per heavy atom. The quantitative estimate of drug-likeness (QED) is 0.799. The largest absolute Gasteiger partial charge is 0.352 e. The average Bonchev–Trinajstić information content (AvgIpc) is 2.25. The van der Waals surface area contributed by atoms with Gasteiger partial charge in [0.15, 0.2) is 0 Å². The second-order valence-corrected chi connectivity index (χ2v) is 10.9. The van der Waals surface area contributed by atoms with E-state index in [1.54, 1.807) is 0 Å². The Labute approximate surface area is 99.1 Å². The zero-order valence-corrected chi connectivity index (χ0v) is 11.6. The van der Waals surface area contributed by atoms with E-state index >= 15 is 0 Å². The van der Waals surface area contributed by atoms with Gasteiger partial charge in [-0.1, -0.05) is 56.9 Å². The third-order valence-electron chi connectivity index (χ3n) is 3.00. The van der Waals surface area contributed by atoms with Crippen LogP contribution in [0.15, 0.2) is 30.3 Å². The van der Waals surface area contributed by atoms with Gasteiger partial charge >= 0.3 is 0 Å². The van der Waals surface area contributed by atoms with Crippen LogP contribution in [0.3, 0.4) is 0 Å². The first-order valence-corrected chi connectivity index (χ1v) is 9.30. The van der Waals surface area contributed by atoms with Gasteiger partial charge < -0.3 is 5.32 Å². The zero-order valence-electron chi connectivity index (χ0n) is 10.6. The van der Waals surface area contributed by atoms with Crippen LogP contribution in [0.4, 0.5) is 0 Å². The molecule has 0 saturated carbocycles. The van der Waals surface area contributed by atoms with Crippen LogP contribution in [0.1, 0.15) is 12.5 Å². The lowest BCUT2D eigenvalue weighted by atomic mass is 10.2. The zero-order chi connectivity index (χ0) is 12.2. The Morgan fingerprint density at radius 2 is 1.81 bits per heavy atom. The molecule has 0 bridgehead atoms. The molecule has 0 saturated heterocycles. The van der Waals surface area contributed by atoms with Crippen LogP contribution in [0, 0.1) is 0 Å². The lowest BCUT2D eigenvalue weighted by molar-refractivity contribution is -0.121. The first-order valence-electron chi connectivity index (χ1n) is 5.73. The number of amides is 1. The number of rotatable bonds is 4. The van der Waals surface area contributed by atoms with E-state index in [0.29, 0.717) is 6.54 Å². The standard InChI is InChI=1S/C13H21NOSi/c1-11(16(2,3)4)13(15)14-10-12-8-6-5-7-9-12/h5-9,11H,10H2,1-4H3,(H,14,15). The molecule has 0 aliphatic rings. The van der Waals surface area contributed by atoms with Crippen molar-refractivity contribution in [1.29, 1.82) is 0 Å².